The highest BCUT2D eigenvalue weighted by molar-refractivity contribution is 6.31. The molecule has 2 atom stereocenters. The van der Waals surface area contributed by atoms with Crippen LogP contribution < -0.4 is 4.90 Å². The average Bonchev–Trinajstić information content (AvgIpc) is 2.93. The molecule has 3 aromatic carbocycles. The Bertz CT molecular complexity index is 1240. The molecular weight excluding hydrogens is 497 g/mol. The monoisotopic (exact) mass is 525 g/mol. The van der Waals surface area contributed by atoms with Crippen LogP contribution in [-0.4, -0.2) is 24.5 Å². The SMILES string of the molecule is CC(C)(C)CN1C(=O)[C@H](CC(=O)OCc2ccccc2)O[C@@H](c2ccccc2Cl)c2cc(Cl)ccc21. The van der Waals surface area contributed by atoms with Gasteiger partial charge in [0, 0.05) is 33.4 Å². The Kier molecular flexibility index (Phi) is 8.04. The lowest BCUT2D eigenvalue weighted by Crippen LogP contribution is -2.44. The molecule has 1 amide bonds. The summed E-state index contributed by atoms with van der Waals surface area (Å²) in [6.07, 6.45) is -1.99. The summed E-state index contributed by atoms with van der Waals surface area (Å²) in [6.45, 7) is 6.70. The molecule has 1 heterocycles. The highest BCUT2D eigenvalue weighted by Crippen LogP contribution is 2.42. The Balaban J connectivity index is 1.71. The minimum Gasteiger partial charge on any atom is -0.461 e. The fraction of sp³-hybridized carbons (Fsp3) is 0.310. The molecule has 0 radical (unpaired) electrons. The van der Waals surface area contributed by atoms with E-state index in [4.69, 9.17) is 32.7 Å². The minimum atomic E-state index is -1.07. The Morgan fingerprint density at radius 3 is 2.36 bits per heavy atom. The van der Waals surface area contributed by atoms with Crippen molar-refractivity contribution in [3.8, 4) is 0 Å². The molecule has 7 heteroatoms. The Morgan fingerprint density at radius 1 is 0.972 bits per heavy atom. The van der Waals surface area contributed by atoms with E-state index in [9.17, 15) is 9.59 Å². The van der Waals surface area contributed by atoms with Crippen molar-refractivity contribution in [3.63, 3.8) is 0 Å². The maximum absolute atomic E-state index is 13.9. The number of ether oxygens (including phenoxy) is 2. The van der Waals surface area contributed by atoms with Crippen molar-refractivity contribution in [2.75, 3.05) is 11.4 Å². The van der Waals surface area contributed by atoms with Crippen molar-refractivity contribution >= 4 is 40.8 Å². The molecule has 3 aromatic rings. The van der Waals surface area contributed by atoms with Crippen LogP contribution in [0.1, 0.15) is 50.0 Å². The number of anilines is 1. The van der Waals surface area contributed by atoms with Crippen LogP contribution >= 0.6 is 23.2 Å². The number of carbonyl (C=O) groups is 2. The van der Waals surface area contributed by atoms with Crippen LogP contribution in [0.4, 0.5) is 5.69 Å². The largest absolute Gasteiger partial charge is 0.461 e. The smallest absolute Gasteiger partial charge is 0.309 e. The molecule has 0 aliphatic carbocycles. The molecule has 0 saturated heterocycles. The van der Waals surface area contributed by atoms with Crippen molar-refractivity contribution in [1.29, 1.82) is 0 Å². The van der Waals surface area contributed by atoms with E-state index >= 15 is 0 Å². The van der Waals surface area contributed by atoms with Crippen molar-refractivity contribution in [1.82, 2.24) is 0 Å². The molecule has 0 fully saturated rings. The lowest BCUT2D eigenvalue weighted by Gasteiger charge is -2.31. The van der Waals surface area contributed by atoms with Gasteiger partial charge in [-0.1, -0.05) is 92.5 Å². The number of amides is 1. The molecule has 4 rings (SSSR count). The summed E-state index contributed by atoms with van der Waals surface area (Å²) in [5, 5.41) is 1.01. The lowest BCUT2D eigenvalue weighted by molar-refractivity contribution is -0.153. The summed E-state index contributed by atoms with van der Waals surface area (Å²) < 4.78 is 11.9. The molecule has 0 aromatic heterocycles. The Morgan fingerprint density at radius 2 is 1.67 bits per heavy atom. The van der Waals surface area contributed by atoms with Crippen molar-refractivity contribution in [3.05, 3.63) is 99.5 Å². The molecule has 0 unspecified atom stereocenters. The van der Waals surface area contributed by atoms with Crippen LogP contribution in [0.15, 0.2) is 72.8 Å². The van der Waals surface area contributed by atoms with Crippen LogP contribution in [0.2, 0.25) is 10.0 Å². The fourth-order valence-corrected chi connectivity index (χ4v) is 4.63. The first kappa shape index (κ1) is 26.2. The number of hydrogen-bond donors (Lipinski definition) is 0. The molecule has 36 heavy (non-hydrogen) atoms. The van der Waals surface area contributed by atoms with E-state index in [1.54, 1.807) is 23.1 Å². The van der Waals surface area contributed by atoms with Crippen molar-refractivity contribution in [2.45, 2.75) is 46.0 Å². The highest BCUT2D eigenvalue weighted by Gasteiger charge is 2.39. The van der Waals surface area contributed by atoms with Gasteiger partial charge in [0.05, 0.1) is 6.42 Å². The van der Waals surface area contributed by atoms with Crippen LogP contribution in [0.3, 0.4) is 0 Å². The first-order valence-corrected chi connectivity index (χ1v) is 12.6. The Labute approximate surface area is 221 Å². The van der Waals surface area contributed by atoms with Crippen molar-refractivity contribution < 1.29 is 19.1 Å². The van der Waals surface area contributed by atoms with Crippen LogP contribution in [0.25, 0.3) is 0 Å². The molecule has 1 aliphatic heterocycles. The normalized spacial score (nSPS) is 17.9. The first-order valence-electron chi connectivity index (χ1n) is 11.8. The second kappa shape index (κ2) is 11.0. The van der Waals surface area contributed by atoms with Gasteiger partial charge in [-0.2, -0.15) is 0 Å². The van der Waals surface area contributed by atoms with Crippen LogP contribution in [0, 0.1) is 5.41 Å². The number of halogens is 2. The second-order valence-electron chi connectivity index (χ2n) is 10.1. The summed E-state index contributed by atoms with van der Waals surface area (Å²) in [4.78, 5) is 28.4. The van der Waals surface area contributed by atoms with Gasteiger partial charge in [-0.15, -0.1) is 0 Å². The van der Waals surface area contributed by atoms with Crippen LogP contribution in [-0.2, 0) is 25.7 Å². The third-order valence-corrected chi connectivity index (χ3v) is 6.40. The summed E-state index contributed by atoms with van der Waals surface area (Å²) in [6, 6.07) is 22.1. The lowest BCUT2D eigenvalue weighted by atomic mass is 9.94. The topological polar surface area (TPSA) is 55.8 Å². The fourth-order valence-electron chi connectivity index (χ4n) is 4.22. The van der Waals surface area contributed by atoms with Gasteiger partial charge in [-0.25, -0.2) is 0 Å². The van der Waals surface area contributed by atoms with E-state index in [0.717, 1.165) is 5.56 Å². The molecule has 5 nitrogen and oxygen atoms in total. The number of hydrogen-bond acceptors (Lipinski definition) is 4. The minimum absolute atomic E-state index is 0.121. The van der Waals surface area contributed by atoms with E-state index in [2.05, 4.69) is 20.8 Å². The van der Waals surface area contributed by atoms with Crippen LogP contribution in [0.5, 0.6) is 0 Å². The van der Waals surface area contributed by atoms with E-state index in [0.29, 0.717) is 33.4 Å². The van der Waals surface area contributed by atoms with Gasteiger partial charge < -0.3 is 14.4 Å². The van der Waals surface area contributed by atoms with Gasteiger partial charge in [0.1, 0.15) is 18.8 Å². The molecule has 0 bridgehead atoms. The molecule has 0 N–H and O–H groups in total. The quantitative estimate of drug-likeness (QED) is 0.325. The summed E-state index contributed by atoms with van der Waals surface area (Å²) in [5.41, 5.74) is 2.74. The van der Waals surface area contributed by atoms with Crippen molar-refractivity contribution in [2.24, 2.45) is 5.41 Å². The molecule has 0 spiro atoms. The van der Waals surface area contributed by atoms with Gasteiger partial charge in [0.2, 0.25) is 0 Å². The summed E-state index contributed by atoms with van der Waals surface area (Å²) in [5.74, 6) is -0.825. The predicted octanol–water partition coefficient (Wildman–Crippen LogP) is 6.99. The third-order valence-electron chi connectivity index (χ3n) is 5.82. The number of fused-ring (bicyclic) bond motifs is 1. The van der Waals surface area contributed by atoms with Gasteiger partial charge in [0.15, 0.2) is 0 Å². The number of nitrogens with zero attached hydrogens (tertiary/aromatic N) is 1. The van der Waals surface area contributed by atoms with Gasteiger partial charge in [0.25, 0.3) is 5.91 Å². The standard InChI is InChI=1S/C29H29Cl2NO4/c1-29(2,3)18-32-24-14-13-20(30)15-22(24)27(21-11-7-8-12-23(21)31)36-25(28(32)34)16-26(33)35-17-19-9-5-4-6-10-19/h4-15,25,27H,16-18H2,1-3H3/t25-,27-/m0/s1. The molecule has 0 saturated carbocycles. The van der Waals surface area contributed by atoms with Gasteiger partial charge >= 0.3 is 5.97 Å². The van der Waals surface area contributed by atoms with E-state index in [1.165, 1.54) is 0 Å². The summed E-state index contributed by atoms with van der Waals surface area (Å²) >= 11 is 13.0. The molecule has 1 aliphatic rings. The van der Waals surface area contributed by atoms with Gasteiger partial charge in [-0.05, 0) is 35.2 Å². The van der Waals surface area contributed by atoms with Gasteiger partial charge in [-0.3, -0.25) is 9.59 Å². The maximum Gasteiger partial charge on any atom is 0.309 e. The van der Waals surface area contributed by atoms with E-state index in [1.807, 2.05) is 54.6 Å². The zero-order chi connectivity index (χ0) is 25.9. The number of esters is 1. The molecule has 188 valence electrons. The number of rotatable bonds is 6. The maximum atomic E-state index is 13.9. The zero-order valence-corrected chi connectivity index (χ0v) is 22.1. The zero-order valence-electron chi connectivity index (χ0n) is 20.5. The number of carbonyl (C=O) groups excluding carboxylic acids is 2. The third kappa shape index (κ3) is 6.28. The molecular formula is C29H29Cl2NO4. The summed E-state index contributed by atoms with van der Waals surface area (Å²) in [7, 11) is 0. The van der Waals surface area contributed by atoms with E-state index < -0.39 is 18.2 Å². The predicted molar refractivity (Wildman–Crippen MR) is 142 cm³/mol. The number of benzene rings is 3. The first-order chi connectivity index (χ1) is 17.1. The Hall–Kier alpha value is -2.86. The average molecular weight is 526 g/mol. The highest BCUT2D eigenvalue weighted by atomic mass is 35.5. The van der Waals surface area contributed by atoms with E-state index in [-0.39, 0.29) is 24.3 Å². The second-order valence-corrected chi connectivity index (χ2v) is 10.9.